The van der Waals surface area contributed by atoms with Crippen molar-refractivity contribution in [1.82, 2.24) is 9.97 Å². The van der Waals surface area contributed by atoms with Crippen molar-refractivity contribution >= 4 is 40.3 Å². The van der Waals surface area contributed by atoms with Gasteiger partial charge in [-0.15, -0.1) is 11.3 Å². The molecule has 30 heavy (non-hydrogen) atoms. The highest BCUT2D eigenvalue weighted by Crippen LogP contribution is 2.26. The van der Waals surface area contributed by atoms with E-state index in [1.807, 2.05) is 18.3 Å². The average molecular weight is 422 g/mol. The largest absolute Gasteiger partial charge is 0.357 e. The van der Waals surface area contributed by atoms with Crippen LogP contribution < -0.4 is 15.5 Å². The monoisotopic (exact) mass is 421 g/mol. The van der Waals surface area contributed by atoms with Crippen LogP contribution >= 0.6 is 11.3 Å². The van der Waals surface area contributed by atoms with Crippen molar-refractivity contribution in [1.29, 1.82) is 0 Å². The van der Waals surface area contributed by atoms with E-state index in [0.29, 0.717) is 17.1 Å². The van der Waals surface area contributed by atoms with Gasteiger partial charge < -0.3 is 15.5 Å². The topological polar surface area (TPSA) is 87.2 Å². The van der Waals surface area contributed by atoms with Gasteiger partial charge >= 0.3 is 0 Å². The Labute approximate surface area is 179 Å². The Balaban J connectivity index is 1.40. The van der Waals surface area contributed by atoms with Crippen LogP contribution in [0.4, 0.5) is 17.2 Å². The van der Waals surface area contributed by atoms with Gasteiger partial charge in [0.15, 0.2) is 0 Å². The predicted octanol–water partition coefficient (Wildman–Crippen LogP) is 4.41. The Morgan fingerprint density at radius 1 is 0.967 bits per heavy atom. The highest BCUT2D eigenvalue weighted by molar-refractivity contribution is 7.13. The van der Waals surface area contributed by atoms with Gasteiger partial charge in [0.2, 0.25) is 5.91 Å². The summed E-state index contributed by atoms with van der Waals surface area (Å²) < 4.78 is 0. The minimum absolute atomic E-state index is 0.139. The van der Waals surface area contributed by atoms with Crippen LogP contribution in [-0.4, -0.2) is 34.9 Å². The normalized spacial score (nSPS) is 13.7. The number of pyridine rings is 1. The Morgan fingerprint density at radius 3 is 2.30 bits per heavy atom. The lowest BCUT2D eigenvalue weighted by Crippen LogP contribution is -2.29. The van der Waals surface area contributed by atoms with E-state index < -0.39 is 0 Å². The maximum Gasteiger partial charge on any atom is 0.275 e. The SMILES string of the molecule is CC(=O)Nc1ccc(NC(=O)c2csc(-c3ccc(N4CCCCC4)nc3)n2)cc1. The second-order valence-electron chi connectivity index (χ2n) is 7.20. The summed E-state index contributed by atoms with van der Waals surface area (Å²) in [5.41, 5.74) is 2.58. The van der Waals surface area contributed by atoms with Crippen LogP contribution in [0.1, 0.15) is 36.7 Å². The molecule has 4 rings (SSSR count). The third-order valence-electron chi connectivity index (χ3n) is 4.87. The Morgan fingerprint density at radius 2 is 1.67 bits per heavy atom. The molecule has 0 unspecified atom stereocenters. The van der Waals surface area contributed by atoms with Gasteiger partial charge in [-0.2, -0.15) is 0 Å². The summed E-state index contributed by atoms with van der Waals surface area (Å²) in [4.78, 5) is 35.0. The van der Waals surface area contributed by atoms with E-state index in [4.69, 9.17) is 0 Å². The first-order valence-electron chi connectivity index (χ1n) is 9.94. The van der Waals surface area contributed by atoms with E-state index in [2.05, 4.69) is 25.5 Å². The number of carbonyl (C=O) groups excluding carboxylic acids is 2. The summed E-state index contributed by atoms with van der Waals surface area (Å²) in [7, 11) is 0. The second kappa shape index (κ2) is 9.04. The molecular formula is C22H23N5O2S. The number of thiazole rings is 1. The molecule has 1 aliphatic heterocycles. The van der Waals surface area contributed by atoms with Crippen LogP contribution in [0.25, 0.3) is 10.6 Å². The summed E-state index contributed by atoms with van der Waals surface area (Å²) in [5.74, 6) is 0.582. The van der Waals surface area contributed by atoms with E-state index in [1.165, 1.54) is 37.5 Å². The quantitative estimate of drug-likeness (QED) is 0.637. The molecule has 0 atom stereocenters. The first-order chi connectivity index (χ1) is 14.6. The van der Waals surface area contributed by atoms with Crippen LogP contribution in [0.2, 0.25) is 0 Å². The van der Waals surface area contributed by atoms with E-state index >= 15 is 0 Å². The van der Waals surface area contributed by atoms with Gasteiger partial charge in [0.25, 0.3) is 5.91 Å². The summed E-state index contributed by atoms with van der Waals surface area (Å²) >= 11 is 1.42. The van der Waals surface area contributed by atoms with E-state index in [-0.39, 0.29) is 11.8 Å². The highest BCUT2D eigenvalue weighted by Gasteiger charge is 2.15. The number of amides is 2. The molecule has 0 radical (unpaired) electrons. The van der Waals surface area contributed by atoms with Crippen molar-refractivity contribution < 1.29 is 9.59 Å². The number of nitrogens with zero attached hydrogens (tertiary/aromatic N) is 3. The zero-order valence-electron chi connectivity index (χ0n) is 16.7. The number of piperidine rings is 1. The summed E-state index contributed by atoms with van der Waals surface area (Å²) in [6.45, 7) is 3.56. The molecule has 154 valence electrons. The predicted molar refractivity (Wildman–Crippen MR) is 120 cm³/mol. The lowest BCUT2D eigenvalue weighted by molar-refractivity contribution is -0.114. The molecule has 0 spiro atoms. The van der Waals surface area contributed by atoms with Gasteiger partial charge in [-0.25, -0.2) is 9.97 Å². The lowest BCUT2D eigenvalue weighted by Gasteiger charge is -2.27. The lowest BCUT2D eigenvalue weighted by atomic mass is 10.1. The molecule has 0 saturated carbocycles. The fourth-order valence-electron chi connectivity index (χ4n) is 3.37. The van der Waals surface area contributed by atoms with Crippen molar-refractivity contribution in [3.05, 3.63) is 53.7 Å². The van der Waals surface area contributed by atoms with Crippen LogP contribution in [-0.2, 0) is 4.79 Å². The van der Waals surface area contributed by atoms with E-state index in [9.17, 15) is 9.59 Å². The standard InChI is InChI=1S/C22H23N5O2S/c1-15(28)24-17-6-8-18(9-7-17)25-21(29)19-14-30-22(26-19)16-5-10-20(23-13-16)27-11-3-2-4-12-27/h5-10,13-14H,2-4,11-12H2,1H3,(H,24,28)(H,25,29). The number of rotatable bonds is 5. The van der Waals surface area contributed by atoms with Crippen molar-refractivity contribution in [3.63, 3.8) is 0 Å². The van der Waals surface area contributed by atoms with Gasteiger partial charge in [-0.1, -0.05) is 0 Å². The van der Waals surface area contributed by atoms with Crippen LogP contribution in [0.3, 0.4) is 0 Å². The summed E-state index contributed by atoms with van der Waals surface area (Å²) in [6, 6.07) is 11.0. The molecule has 2 aromatic heterocycles. The van der Waals surface area contributed by atoms with E-state index in [0.717, 1.165) is 29.5 Å². The van der Waals surface area contributed by atoms with Crippen LogP contribution in [0, 0.1) is 0 Å². The first-order valence-corrected chi connectivity index (χ1v) is 10.8. The summed E-state index contributed by atoms with van der Waals surface area (Å²) in [5, 5.41) is 8.03. The number of hydrogen-bond donors (Lipinski definition) is 2. The fourth-order valence-corrected chi connectivity index (χ4v) is 4.16. The number of benzene rings is 1. The molecule has 1 fully saturated rings. The number of nitrogens with one attached hydrogen (secondary N) is 2. The first kappa shape index (κ1) is 20.0. The molecule has 2 N–H and O–H groups in total. The molecule has 8 heteroatoms. The zero-order valence-corrected chi connectivity index (χ0v) is 17.5. The molecular weight excluding hydrogens is 398 g/mol. The fraction of sp³-hybridized carbons (Fsp3) is 0.273. The Hall–Kier alpha value is -3.26. The van der Waals surface area contributed by atoms with Gasteiger partial charge in [0.05, 0.1) is 0 Å². The third kappa shape index (κ3) is 4.83. The maximum atomic E-state index is 12.5. The van der Waals surface area contributed by atoms with Gasteiger partial charge in [0.1, 0.15) is 16.5 Å². The van der Waals surface area contributed by atoms with Crippen molar-refractivity contribution in [2.24, 2.45) is 0 Å². The minimum Gasteiger partial charge on any atom is -0.357 e. The number of anilines is 3. The molecule has 1 aromatic carbocycles. The molecule has 3 heterocycles. The molecule has 1 saturated heterocycles. The summed E-state index contributed by atoms with van der Waals surface area (Å²) in [6.07, 6.45) is 5.54. The molecule has 0 bridgehead atoms. The molecule has 7 nitrogen and oxygen atoms in total. The minimum atomic E-state index is -0.275. The number of aromatic nitrogens is 2. The van der Waals surface area contributed by atoms with Crippen molar-refractivity contribution in [2.45, 2.75) is 26.2 Å². The van der Waals surface area contributed by atoms with Gasteiger partial charge in [0, 0.05) is 48.5 Å². The Bertz CT molecular complexity index is 1020. The highest BCUT2D eigenvalue weighted by atomic mass is 32.1. The molecule has 0 aliphatic carbocycles. The van der Waals surface area contributed by atoms with Crippen molar-refractivity contribution in [3.8, 4) is 10.6 Å². The third-order valence-corrected chi connectivity index (χ3v) is 5.77. The zero-order chi connectivity index (χ0) is 20.9. The Kier molecular flexibility index (Phi) is 6.04. The van der Waals surface area contributed by atoms with Crippen LogP contribution in [0.5, 0.6) is 0 Å². The molecule has 1 aliphatic rings. The average Bonchev–Trinajstić information content (AvgIpc) is 3.26. The van der Waals surface area contributed by atoms with Gasteiger partial charge in [-0.05, 0) is 55.7 Å². The van der Waals surface area contributed by atoms with E-state index in [1.54, 1.807) is 29.6 Å². The number of carbonyl (C=O) groups is 2. The van der Waals surface area contributed by atoms with Crippen LogP contribution in [0.15, 0.2) is 48.0 Å². The maximum absolute atomic E-state index is 12.5. The number of hydrogen-bond acceptors (Lipinski definition) is 6. The molecule has 2 amide bonds. The smallest absolute Gasteiger partial charge is 0.275 e. The van der Waals surface area contributed by atoms with Crippen molar-refractivity contribution in [2.75, 3.05) is 28.6 Å². The molecule has 3 aromatic rings. The van der Waals surface area contributed by atoms with Gasteiger partial charge in [-0.3, -0.25) is 9.59 Å². The second-order valence-corrected chi connectivity index (χ2v) is 8.06.